The molecule has 9 nitrogen and oxygen atoms in total. The molecule has 1 amide bonds. The van der Waals surface area contributed by atoms with Gasteiger partial charge in [0, 0.05) is 17.7 Å². The van der Waals surface area contributed by atoms with Crippen molar-refractivity contribution < 1.29 is 19.0 Å². The summed E-state index contributed by atoms with van der Waals surface area (Å²) in [5, 5.41) is 10.7. The van der Waals surface area contributed by atoms with Crippen LogP contribution in [-0.4, -0.2) is 48.0 Å². The highest BCUT2D eigenvalue weighted by Crippen LogP contribution is 2.41. The highest BCUT2D eigenvalue weighted by Gasteiger charge is 2.42. The van der Waals surface area contributed by atoms with Gasteiger partial charge in [0.25, 0.3) is 0 Å². The molecule has 0 bridgehead atoms. The summed E-state index contributed by atoms with van der Waals surface area (Å²) in [6.07, 6.45) is 1.47. The fraction of sp³-hybridized carbons (Fsp3) is 0.318. The van der Waals surface area contributed by atoms with Gasteiger partial charge in [-0.15, -0.1) is 0 Å². The van der Waals surface area contributed by atoms with E-state index in [1.165, 1.54) is 6.33 Å². The molecule has 9 heteroatoms. The van der Waals surface area contributed by atoms with E-state index >= 15 is 0 Å². The molecule has 0 radical (unpaired) electrons. The van der Waals surface area contributed by atoms with E-state index in [9.17, 15) is 4.79 Å². The highest BCUT2D eigenvalue weighted by molar-refractivity contribution is 5.95. The standard InChI is InChI=1S/C22H25N5O4/c1-13-19(21(28)26-16-7-5-6-8-17(16)30-3)20(27-22(25-13)23-12-24-27)15-10-9-14(29-2)11-18(15)31-4/h5-13,19-20H,1-4H3,(H,26,28)(H,23,24,25)/t13-,19+,20+/m1/s1. The number of hydrogen-bond donors (Lipinski definition) is 2. The molecule has 1 aliphatic heterocycles. The lowest BCUT2D eigenvalue weighted by molar-refractivity contribution is -0.121. The first-order valence-corrected chi connectivity index (χ1v) is 9.89. The second-order valence-corrected chi connectivity index (χ2v) is 7.23. The van der Waals surface area contributed by atoms with Crippen molar-refractivity contribution >= 4 is 17.5 Å². The lowest BCUT2D eigenvalue weighted by Crippen LogP contribution is -2.46. The predicted molar refractivity (Wildman–Crippen MR) is 116 cm³/mol. The summed E-state index contributed by atoms with van der Waals surface area (Å²) in [5.74, 6) is 1.77. The molecule has 2 N–H and O–H groups in total. The zero-order valence-corrected chi connectivity index (χ0v) is 17.8. The van der Waals surface area contributed by atoms with Crippen LogP contribution in [0.25, 0.3) is 0 Å². The largest absolute Gasteiger partial charge is 0.497 e. The van der Waals surface area contributed by atoms with Crippen LogP contribution in [0.2, 0.25) is 0 Å². The Hall–Kier alpha value is -3.75. The molecule has 4 rings (SSSR count). The van der Waals surface area contributed by atoms with Gasteiger partial charge in [-0.2, -0.15) is 10.1 Å². The average molecular weight is 423 g/mol. The average Bonchev–Trinajstić information content (AvgIpc) is 3.26. The molecular formula is C22H25N5O4. The van der Waals surface area contributed by atoms with Gasteiger partial charge in [-0.25, -0.2) is 4.68 Å². The van der Waals surface area contributed by atoms with Gasteiger partial charge in [0.1, 0.15) is 23.6 Å². The Kier molecular flexibility index (Phi) is 5.66. The molecule has 0 fully saturated rings. The smallest absolute Gasteiger partial charge is 0.232 e. The van der Waals surface area contributed by atoms with Crippen LogP contribution in [0, 0.1) is 5.92 Å². The predicted octanol–water partition coefficient (Wildman–Crippen LogP) is 2.96. The zero-order chi connectivity index (χ0) is 22.0. The van der Waals surface area contributed by atoms with Crippen LogP contribution in [0.3, 0.4) is 0 Å². The van der Waals surface area contributed by atoms with Crippen molar-refractivity contribution in [1.82, 2.24) is 14.8 Å². The van der Waals surface area contributed by atoms with Gasteiger partial charge in [-0.3, -0.25) is 4.79 Å². The van der Waals surface area contributed by atoms with Crippen LogP contribution < -0.4 is 24.8 Å². The molecule has 3 atom stereocenters. The molecule has 0 aliphatic carbocycles. The summed E-state index contributed by atoms with van der Waals surface area (Å²) >= 11 is 0. The normalized spacial score (nSPS) is 19.7. The molecule has 162 valence electrons. The lowest BCUT2D eigenvalue weighted by Gasteiger charge is -2.37. The third kappa shape index (κ3) is 3.74. The Morgan fingerprint density at radius 1 is 1.06 bits per heavy atom. The van der Waals surface area contributed by atoms with Gasteiger partial charge in [0.15, 0.2) is 0 Å². The maximum atomic E-state index is 13.6. The molecule has 0 spiro atoms. The number of rotatable bonds is 6. The highest BCUT2D eigenvalue weighted by atomic mass is 16.5. The van der Waals surface area contributed by atoms with Gasteiger partial charge < -0.3 is 24.8 Å². The molecule has 3 aromatic rings. The van der Waals surface area contributed by atoms with Crippen molar-refractivity contribution in [2.24, 2.45) is 5.92 Å². The van der Waals surface area contributed by atoms with Crippen LogP contribution in [0.1, 0.15) is 18.5 Å². The molecule has 1 aromatic heterocycles. The number of methoxy groups -OCH3 is 3. The van der Waals surface area contributed by atoms with Gasteiger partial charge >= 0.3 is 0 Å². The Balaban J connectivity index is 1.78. The number of fused-ring (bicyclic) bond motifs is 1. The van der Waals surface area contributed by atoms with E-state index in [2.05, 4.69) is 20.7 Å². The third-order valence-electron chi connectivity index (χ3n) is 5.50. The Labute approximate surface area is 180 Å². The summed E-state index contributed by atoms with van der Waals surface area (Å²) in [5.41, 5.74) is 1.41. The summed E-state index contributed by atoms with van der Waals surface area (Å²) < 4.78 is 18.1. The van der Waals surface area contributed by atoms with Gasteiger partial charge in [0.05, 0.1) is 39.0 Å². The second kappa shape index (κ2) is 8.55. The van der Waals surface area contributed by atoms with E-state index in [4.69, 9.17) is 14.2 Å². The number of benzene rings is 2. The minimum atomic E-state index is -0.513. The number of nitrogens with zero attached hydrogens (tertiary/aromatic N) is 3. The van der Waals surface area contributed by atoms with Crippen LogP contribution in [0.15, 0.2) is 48.8 Å². The molecule has 0 saturated heterocycles. The molecule has 2 heterocycles. The van der Waals surface area contributed by atoms with Crippen molar-refractivity contribution in [3.63, 3.8) is 0 Å². The fourth-order valence-corrected chi connectivity index (χ4v) is 4.00. The van der Waals surface area contributed by atoms with E-state index in [0.29, 0.717) is 28.9 Å². The quantitative estimate of drug-likeness (QED) is 0.629. The molecule has 2 aromatic carbocycles. The van der Waals surface area contributed by atoms with Gasteiger partial charge in [0.2, 0.25) is 11.9 Å². The Morgan fingerprint density at radius 2 is 1.84 bits per heavy atom. The SMILES string of the molecule is COc1ccc([C@H]2[C@@H](C(=O)Nc3ccccc3OC)[C@@H](C)Nc3ncnn32)c(OC)c1. The summed E-state index contributed by atoms with van der Waals surface area (Å²) in [6.45, 7) is 1.95. The van der Waals surface area contributed by atoms with Crippen molar-refractivity contribution in [2.75, 3.05) is 32.0 Å². The van der Waals surface area contributed by atoms with E-state index in [-0.39, 0.29) is 11.9 Å². The van der Waals surface area contributed by atoms with Crippen molar-refractivity contribution in [2.45, 2.75) is 19.0 Å². The van der Waals surface area contributed by atoms with Crippen LogP contribution >= 0.6 is 0 Å². The minimum Gasteiger partial charge on any atom is -0.497 e. The van der Waals surface area contributed by atoms with Gasteiger partial charge in [-0.05, 0) is 31.2 Å². The van der Waals surface area contributed by atoms with Crippen LogP contribution in [0.4, 0.5) is 11.6 Å². The molecule has 0 saturated carbocycles. The first kappa shape index (κ1) is 20.5. The number of carbonyl (C=O) groups excluding carboxylic acids is 1. The Morgan fingerprint density at radius 3 is 2.58 bits per heavy atom. The number of aromatic nitrogens is 3. The van der Waals surface area contributed by atoms with E-state index in [1.807, 2.05) is 37.3 Å². The summed E-state index contributed by atoms with van der Waals surface area (Å²) in [6, 6.07) is 12.2. The fourth-order valence-electron chi connectivity index (χ4n) is 4.00. The number of amides is 1. The topological polar surface area (TPSA) is 99.5 Å². The number of nitrogens with one attached hydrogen (secondary N) is 2. The van der Waals surface area contributed by atoms with Crippen molar-refractivity contribution in [3.05, 3.63) is 54.4 Å². The molecule has 0 unspecified atom stereocenters. The van der Waals surface area contributed by atoms with Crippen LogP contribution in [0.5, 0.6) is 17.2 Å². The van der Waals surface area contributed by atoms with E-state index < -0.39 is 12.0 Å². The number of para-hydroxylation sites is 2. The maximum absolute atomic E-state index is 13.6. The first-order valence-electron chi connectivity index (χ1n) is 9.89. The molecule has 1 aliphatic rings. The number of ether oxygens (including phenoxy) is 3. The van der Waals surface area contributed by atoms with Gasteiger partial charge in [-0.1, -0.05) is 12.1 Å². The molecular weight excluding hydrogens is 398 g/mol. The van der Waals surface area contributed by atoms with Crippen LogP contribution in [-0.2, 0) is 4.79 Å². The zero-order valence-electron chi connectivity index (χ0n) is 17.8. The third-order valence-corrected chi connectivity index (χ3v) is 5.50. The number of anilines is 2. The maximum Gasteiger partial charge on any atom is 0.232 e. The second-order valence-electron chi connectivity index (χ2n) is 7.23. The van der Waals surface area contributed by atoms with Crippen molar-refractivity contribution in [1.29, 1.82) is 0 Å². The number of carbonyl (C=O) groups is 1. The van der Waals surface area contributed by atoms with Crippen molar-refractivity contribution in [3.8, 4) is 17.2 Å². The summed E-state index contributed by atoms with van der Waals surface area (Å²) in [4.78, 5) is 17.9. The number of hydrogen-bond acceptors (Lipinski definition) is 7. The first-order chi connectivity index (χ1) is 15.1. The van der Waals surface area contributed by atoms with E-state index in [0.717, 1.165) is 5.56 Å². The Bertz CT molecular complexity index is 1080. The lowest BCUT2D eigenvalue weighted by atomic mass is 9.85. The molecule has 31 heavy (non-hydrogen) atoms. The van der Waals surface area contributed by atoms with E-state index in [1.54, 1.807) is 38.1 Å². The summed E-state index contributed by atoms with van der Waals surface area (Å²) in [7, 11) is 4.76. The monoisotopic (exact) mass is 423 g/mol. The minimum absolute atomic E-state index is 0.173.